The number of benzene rings is 1. The third-order valence-electron chi connectivity index (χ3n) is 4.18. The molecule has 0 spiro atoms. The molecular weight excluding hydrogens is 308 g/mol. The average Bonchev–Trinajstić information content (AvgIpc) is 3.11. The van der Waals surface area contributed by atoms with Crippen LogP contribution in [0.4, 0.5) is 0 Å². The van der Waals surface area contributed by atoms with Crippen molar-refractivity contribution in [1.82, 2.24) is 10.2 Å². The van der Waals surface area contributed by atoms with E-state index >= 15 is 0 Å². The molecule has 1 amide bonds. The zero-order chi connectivity index (χ0) is 16.1. The molecule has 4 nitrogen and oxygen atoms in total. The van der Waals surface area contributed by atoms with E-state index in [-0.39, 0.29) is 11.9 Å². The van der Waals surface area contributed by atoms with Gasteiger partial charge in [-0.05, 0) is 41.4 Å². The van der Waals surface area contributed by atoms with Crippen molar-refractivity contribution in [1.29, 1.82) is 0 Å². The minimum atomic E-state index is -0.0153. The Morgan fingerprint density at radius 3 is 2.65 bits per heavy atom. The summed E-state index contributed by atoms with van der Waals surface area (Å²) < 4.78 is 5.45. The fourth-order valence-corrected chi connectivity index (χ4v) is 3.51. The van der Waals surface area contributed by atoms with Gasteiger partial charge >= 0.3 is 0 Å². The van der Waals surface area contributed by atoms with Crippen LogP contribution in [-0.2, 0) is 4.74 Å². The summed E-state index contributed by atoms with van der Waals surface area (Å²) in [7, 11) is 0. The first-order chi connectivity index (χ1) is 11.2. The van der Waals surface area contributed by atoms with Crippen LogP contribution in [0.5, 0.6) is 0 Å². The van der Waals surface area contributed by atoms with Crippen LogP contribution in [0.25, 0.3) is 0 Å². The maximum Gasteiger partial charge on any atom is 0.251 e. The van der Waals surface area contributed by atoms with Gasteiger partial charge in [0, 0.05) is 25.2 Å². The number of nitrogens with one attached hydrogen (secondary N) is 1. The van der Waals surface area contributed by atoms with Crippen molar-refractivity contribution in [2.24, 2.45) is 0 Å². The fourth-order valence-electron chi connectivity index (χ4n) is 2.81. The summed E-state index contributed by atoms with van der Waals surface area (Å²) in [5, 5.41) is 7.34. The zero-order valence-corrected chi connectivity index (χ0v) is 14.1. The first-order valence-electron chi connectivity index (χ1n) is 7.93. The summed E-state index contributed by atoms with van der Waals surface area (Å²) >= 11 is 1.69. The van der Waals surface area contributed by atoms with Crippen molar-refractivity contribution in [3.8, 4) is 0 Å². The molecule has 0 aliphatic carbocycles. The lowest BCUT2D eigenvalue weighted by atomic mass is 10.1. The summed E-state index contributed by atoms with van der Waals surface area (Å²) in [6.45, 7) is 5.96. The number of carbonyl (C=O) groups excluding carboxylic acids is 1. The molecule has 1 aromatic carbocycles. The number of carbonyl (C=O) groups is 1. The van der Waals surface area contributed by atoms with E-state index in [1.807, 2.05) is 31.2 Å². The Morgan fingerprint density at radius 2 is 2.00 bits per heavy atom. The highest BCUT2D eigenvalue weighted by Crippen LogP contribution is 2.23. The maximum absolute atomic E-state index is 12.4. The number of amides is 1. The summed E-state index contributed by atoms with van der Waals surface area (Å²) in [5.41, 5.74) is 3.13. The first kappa shape index (κ1) is 16.2. The summed E-state index contributed by atoms with van der Waals surface area (Å²) in [6.07, 6.45) is 0. The number of aryl methyl sites for hydroxylation is 1. The molecule has 1 aliphatic heterocycles. The van der Waals surface area contributed by atoms with E-state index in [2.05, 4.69) is 27.0 Å². The molecule has 1 saturated heterocycles. The number of rotatable bonds is 5. The molecule has 122 valence electrons. The third-order valence-corrected chi connectivity index (χ3v) is 4.89. The van der Waals surface area contributed by atoms with Crippen molar-refractivity contribution >= 4 is 17.2 Å². The third kappa shape index (κ3) is 4.19. The van der Waals surface area contributed by atoms with Gasteiger partial charge in [0.15, 0.2) is 0 Å². The highest BCUT2D eigenvalue weighted by molar-refractivity contribution is 7.07. The molecule has 1 N–H and O–H groups in total. The first-order valence-corrected chi connectivity index (χ1v) is 8.87. The number of ether oxygens (including phenoxy) is 1. The molecule has 23 heavy (non-hydrogen) atoms. The molecule has 0 saturated carbocycles. The van der Waals surface area contributed by atoms with Gasteiger partial charge in [-0.15, -0.1) is 0 Å². The van der Waals surface area contributed by atoms with Gasteiger partial charge in [0.1, 0.15) is 0 Å². The Hall–Kier alpha value is -1.69. The van der Waals surface area contributed by atoms with Crippen LogP contribution in [0.15, 0.2) is 41.1 Å². The number of hydrogen-bond acceptors (Lipinski definition) is 4. The minimum Gasteiger partial charge on any atom is -0.379 e. The number of thiophene rings is 1. The molecule has 1 aromatic heterocycles. The van der Waals surface area contributed by atoms with Gasteiger partial charge in [-0.3, -0.25) is 9.69 Å². The number of nitrogens with zero attached hydrogens (tertiary/aromatic N) is 1. The lowest BCUT2D eigenvalue weighted by Crippen LogP contribution is -2.43. The van der Waals surface area contributed by atoms with Crippen molar-refractivity contribution < 1.29 is 9.53 Å². The Labute approximate surface area is 141 Å². The quantitative estimate of drug-likeness (QED) is 0.916. The number of hydrogen-bond donors (Lipinski definition) is 1. The van der Waals surface area contributed by atoms with Gasteiger partial charge in [-0.2, -0.15) is 11.3 Å². The maximum atomic E-state index is 12.4. The van der Waals surface area contributed by atoms with Crippen LogP contribution >= 0.6 is 11.3 Å². The Bertz CT molecular complexity index is 619. The normalized spacial score (nSPS) is 16.9. The molecule has 5 heteroatoms. The SMILES string of the molecule is Cc1ccc(C(=O)NC[C@@H](c2ccsc2)N2CCOCC2)cc1. The predicted molar refractivity (Wildman–Crippen MR) is 93.0 cm³/mol. The highest BCUT2D eigenvalue weighted by atomic mass is 32.1. The van der Waals surface area contributed by atoms with Crippen LogP contribution < -0.4 is 5.32 Å². The highest BCUT2D eigenvalue weighted by Gasteiger charge is 2.23. The molecular formula is C18H22N2O2S. The van der Waals surface area contributed by atoms with Gasteiger partial charge in [0.05, 0.1) is 19.3 Å². The van der Waals surface area contributed by atoms with E-state index in [0.29, 0.717) is 12.1 Å². The predicted octanol–water partition coefficient (Wildman–Crippen LogP) is 2.86. The topological polar surface area (TPSA) is 41.6 Å². The molecule has 2 aromatic rings. The largest absolute Gasteiger partial charge is 0.379 e. The smallest absolute Gasteiger partial charge is 0.251 e. The second-order valence-electron chi connectivity index (χ2n) is 5.80. The molecule has 0 radical (unpaired) electrons. The van der Waals surface area contributed by atoms with Gasteiger partial charge in [0.25, 0.3) is 5.91 Å². The molecule has 1 atom stereocenters. The summed E-state index contributed by atoms with van der Waals surface area (Å²) in [6, 6.07) is 10.0. The van der Waals surface area contributed by atoms with Crippen LogP contribution in [0.2, 0.25) is 0 Å². The second kappa shape index (κ2) is 7.73. The van der Waals surface area contributed by atoms with Crippen LogP contribution in [-0.4, -0.2) is 43.7 Å². The van der Waals surface area contributed by atoms with Gasteiger partial charge in [-0.1, -0.05) is 17.7 Å². The molecule has 1 fully saturated rings. The monoisotopic (exact) mass is 330 g/mol. The molecule has 0 unspecified atom stereocenters. The average molecular weight is 330 g/mol. The second-order valence-corrected chi connectivity index (χ2v) is 6.58. The van der Waals surface area contributed by atoms with Gasteiger partial charge in [-0.25, -0.2) is 0 Å². The summed E-state index contributed by atoms with van der Waals surface area (Å²) in [4.78, 5) is 14.8. The van der Waals surface area contributed by atoms with Gasteiger partial charge < -0.3 is 10.1 Å². The van der Waals surface area contributed by atoms with Gasteiger partial charge in [0.2, 0.25) is 0 Å². The van der Waals surface area contributed by atoms with Crippen molar-refractivity contribution in [2.45, 2.75) is 13.0 Å². The molecule has 3 rings (SSSR count). The van der Waals surface area contributed by atoms with E-state index < -0.39 is 0 Å². The Morgan fingerprint density at radius 1 is 1.26 bits per heavy atom. The van der Waals surface area contributed by atoms with E-state index in [1.54, 1.807) is 11.3 Å². The van der Waals surface area contributed by atoms with Crippen molar-refractivity contribution in [2.75, 3.05) is 32.8 Å². The fraction of sp³-hybridized carbons (Fsp3) is 0.389. The van der Waals surface area contributed by atoms with E-state index in [9.17, 15) is 4.79 Å². The molecule has 2 heterocycles. The molecule has 0 bridgehead atoms. The van der Waals surface area contributed by atoms with Crippen LogP contribution in [0, 0.1) is 6.92 Å². The Balaban J connectivity index is 1.66. The zero-order valence-electron chi connectivity index (χ0n) is 13.3. The van der Waals surface area contributed by atoms with Crippen molar-refractivity contribution in [3.05, 3.63) is 57.8 Å². The van der Waals surface area contributed by atoms with E-state index in [0.717, 1.165) is 31.9 Å². The van der Waals surface area contributed by atoms with Crippen LogP contribution in [0.3, 0.4) is 0 Å². The lowest BCUT2D eigenvalue weighted by molar-refractivity contribution is 0.0163. The number of morpholine rings is 1. The minimum absolute atomic E-state index is 0.0153. The standard InChI is InChI=1S/C18H22N2O2S/c1-14-2-4-15(5-3-14)18(21)19-12-17(16-6-11-23-13-16)20-7-9-22-10-8-20/h2-6,11,13,17H,7-10,12H2,1H3,(H,19,21)/t17-/m0/s1. The van der Waals surface area contributed by atoms with Crippen molar-refractivity contribution in [3.63, 3.8) is 0 Å². The van der Waals surface area contributed by atoms with E-state index in [4.69, 9.17) is 4.74 Å². The summed E-state index contributed by atoms with van der Waals surface area (Å²) in [5.74, 6) is -0.0153. The Kier molecular flexibility index (Phi) is 5.43. The lowest BCUT2D eigenvalue weighted by Gasteiger charge is -2.34. The molecule has 1 aliphatic rings. The van der Waals surface area contributed by atoms with Crippen LogP contribution in [0.1, 0.15) is 27.5 Å². The van der Waals surface area contributed by atoms with E-state index in [1.165, 1.54) is 5.56 Å².